The maximum atomic E-state index is 6.09. The van der Waals surface area contributed by atoms with E-state index in [0.717, 1.165) is 6.54 Å². The molecule has 0 aliphatic heterocycles. The minimum Gasteiger partial charge on any atom is -0.326 e. The zero-order chi connectivity index (χ0) is 11.4. The third-order valence-corrected chi connectivity index (χ3v) is 3.81. The van der Waals surface area contributed by atoms with Crippen molar-refractivity contribution in [3.05, 3.63) is 21.9 Å². The van der Waals surface area contributed by atoms with Crippen LogP contribution in [0.2, 0.25) is 0 Å². The summed E-state index contributed by atoms with van der Waals surface area (Å²) >= 11 is 1.82. The average Bonchev–Trinajstić information content (AvgIpc) is 2.52. The molecule has 1 aromatic heterocycles. The zero-order valence-electron chi connectivity index (χ0n) is 10.2. The van der Waals surface area contributed by atoms with Gasteiger partial charge in [0, 0.05) is 10.9 Å². The summed E-state index contributed by atoms with van der Waals surface area (Å²) in [5.41, 5.74) is 7.46. The number of aryl methyl sites for hydroxylation is 1. The first-order valence-corrected chi connectivity index (χ1v) is 6.45. The van der Waals surface area contributed by atoms with Gasteiger partial charge in [0.2, 0.25) is 0 Å². The predicted octanol–water partition coefficient (Wildman–Crippen LogP) is 2.79. The molecule has 86 valence electrons. The summed E-state index contributed by atoms with van der Waals surface area (Å²) in [4.78, 5) is 3.78. The number of thiophene rings is 1. The molecule has 0 spiro atoms. The Morgan fingerprint density at radius 1 is 1.53 bits per heavy atom. The van der Waals surface area contributed by atoms with Crippen LogP contribution in [0.5, 0.6) is 0 Å². The lowest BCUT2D eigenvalue weighted by molar-refractivity contribution is 0.222. The van der Waals surface area contributed by atoms with Gasteiger partial charge in [-0.15, -0.1) is 11.3 Å². The molecule has 0 saturated heterocycles. The van der Waals surface area contributed by atoms with Crippen molar-refractivity contribution in [2.75, 3.05) is 13.6 Å². The lowest BCUT2D eigenvalue weighted by atomic mass is 10.0. The molecule has 0 aliphatic rings. The van der Waals surface area contributed by atoms with Gasteiger partial charge in [-0.2, -0.15) is 0 Å². The third kappa shape index (κ3) is 3.03. The van der Waals surface area contributed by atoms with Crippen LogP contribution in [0.3, 0.4) is 0 Å². The Morgan fingerprint density at radius 3 is 2.60 bits per heavy atom. The molecule has 0 radical (unpaired) electrons. The first-order chi connectivity index (χ1) is 7.07. The molecule has 2 N–H and O–H groups in total. The third-order valence-electron chi connectivity index (χ3n) is 2.72. The van der Waals surface area contributed by atoms with E-state index < -0.39 is 0 Å². The summed E-state index contributed by atoms with van der Waals surface area (Å²) < 4.78 is 0. The summed E-state index contributed by atoms with van der Waals surface area (Å²) in [6.07, 6.45) is 1.17. The number of hydrogen-bond donors (Lipinski definition) is 1. The van der Waals surface area contributed by atoms with Gasteiger partial charge in [0.15, 0.2) is 0 Å². The van der Waals surface area contributed by atoms with Gasteiger partial charge < -0.3 is 5.73 Å². The minimum absolute atomic E-state index is 0.180. The zero-order valence-corrected chi connectivity index (χ0v) is 11.0. The average molecular weight is 226 g/mol. The highest BCUT2D eigenvalue weighted by Gasteiger charge is 2.23. The number of hydrogen-bond acceptors (Lipinski definition) is 3. The molecule has 3 heteroatoms. The Hall–Kier alpha value is -0.380. The smallest absolute Gasteiger partial charge is 0.0590 e. The van der Waals surface area contributed by atoms with E-state index >= 15 is 0 Å². The highest BCUT2D eigenvalue weighted by molar-refractivity contribution is 7.10. The summed E-state index contributed by atoms with van der Waals surface area (Å²) in [5, 5.41) is 2.15. The molecule has 1 aromatic rings. The van der Waals surface area contributed by atoms with Gasteiger partial charge in [-0.1, -0.05) is 6.92 Å². The Bertz CT molecular complexity index is 294. The van der Waals surface area contributed by atoms with Gasteiger partial charge in [0.1, 0.15) is 0 Å². The van der Waals surface area contributed by atoms with E-state index in [0.29, 0.717) is 6.04 Å². The Labute approximate surface area is 97.1 Å². The first kappa shape index (κ1) is 12.7. The molecule has 2 unspecified atom stereocenters. The van der Waals surface area contributed by atoms with E-state index in [4.69, 9.17) is 5.73 Å². The minimum atomic E-state index is 0.180. The normalized spacial score (nSPS) is 15.6. The van der Waals surface area contributed by atoms with Gasteiger partial charge >= 0.3 is 0 Å². The monoisotopic (exact) mass is 226 g/mol. The molecular formula is C12H22N2S. The fourth-order valence-electron chi connectivity index (χ4n) is 2.02. The topological polar surface area (TPSA) is 29.3 Å². The number of nitrogens with two attached hydrogens (primary N) is 1. The number of likely N-dealkylation sites (N-methyl/N-ethyl adjacent to an activating group) is 1. The molecule has 1 rings (SSSR count). The van der Waals surface area contributed by atoms with Crippen LogP contribution < -0.4 is 5.73 Å². The van der Waals surface area contributed by atoms with E-state index in [1.807, 2.05) is 11.3 Å². The van der Waals surface area contributed by atoms with Crippen molar-refractivity contribution < 1.29 is 0 Å². The van der Waals surface area contributed by atoms with Crippen molar-refractivity contribution in [2.24, 2.45) is 5.73 Å². The van der Waals surface area contributed by atoms with Crippen molar-refractivity contribution in [3.63, 3.8) is 0 Å². The van der Waals surface area contributed by atoms with E-state index in [1.165, 1.54) is 16.9 Å². The summed E-state index contributed by atoms with van der Waals surface area (Å²) in [6.45, 7) is 7.57. The quantitative estimate of drug-likeness (QED) is 0.836. The molecular weight excluding hydrogens is 204 g/mol. The van der Waals surface area contributed by atoms with Crippen LogP contribution in [0.4, 0.5) is 0 Å². The van der Waals surface area contributed by atoms with E-state index in [1.54, 1.807) is 0 Å². The van der Waals surface area contributed by atoms with Crippen molar-refractivity contribution >= 4 is 11.3 Å². The Balaban J connectivity index is 2.88. The lowest BCUT2D eigenvalue weighted by Crippen LogP contribution is -2.37. The molecule has 15 heavy (non-hydrogen) atoms. The summed E-state index contributed by atoms with van der Waals surface area (Å²) in [7, 11) is 2.16. The van der Waals surface area contributed by atoms with Crippen LogP contribution in [0.1, 0.15) is 36.8 Å². The van der Waals surface area contributed by atoms with Crippen LogP contribution >= 0.6 is 11.3 Å². The molecule has 0 amide bonds. The van der Waals surface area contributed by atoms with E-state index in [9.17, 15) is 0 Å². The molecule has 0 fully saturated rings. The second-order valence-electron chi connectivity index (χ2n) is 4.25. The highest BCUT2D eigenvalue weighted by Crippen LogP contribution is 2.29. The maximum Gasteiger partial charge on any atom is 0.0590 e. The summed E-state index contributed by atoms with van der Waals surface area (Å²) in [6, 6.07) is 2.72. The van der Waals surface area contributed by atoms with Crippen LogP contribution in [0.25, 0.3) is 0 Å². The lowest BCUT2D eigenvalue weighted by Gasteiger charge is -2.30. The van der Waals surface area contributed by atoms with Gasteiger partial charge in [-0.3, -0.25) is 4.90 Å². The van der Waals surface area contributed by atoms with Gasteiger partial charge in [-0.05, 0) is 50.9 Å². The van der Waals surface area contributed by atoms with Gasteiger partial charge in [0.25, 0.3) is 0 Å². The van der Waals surface area contributed by atoms with Crippen LogP contribution in [0.15, 0.2) is 11.4 Å². The molecule has 1 heterocycles. The Kier molecular flexibility index (Phi) is 4.77. The first-order valence-electron chi connectivity index (χ1n) is 5.57. The molecule has 2 atom stereocenters. The fraction of sp³-hybridized carbons (Fsp3) is 0.667. The van der Waals surface area contributed by atoms with Crippen LogP contribution in [0, 0.1) is 6.92 Å². The predicted molar refractivity (Wildman–Crippen MR) is 68.4 cm³/mol. The number of nitrogens with zero attached hydrogens (tertiary/aromatic N) is 1. The highest BCUT2D eigenvalue weighted by atomic mass is 32.1. The van der Waals surface area contributed by atoms with Crippen molar-refractivity contribution in [1.82, 2.24) is 4.90 Å². The van der Waals surface area contributed by atoms with Crippen molar-refractivity contribution in [3.8, 4) is 0 Å². The summed E-state index contributed by atoms with van der Waals surface area (Å²) in [5.74, 6) is 0. The standard InChI is InChI=1S/C12H22N2S/c1-5-7-14(4)11(10(3)13)12-9(2)6-8-15-12/h6,8,10-11H,5,7,13H2,1-4H3. The van der Waals surface area contributed by atoms with Crippen LogP contribution in [-0.4, -0.2) is 24.5 Å². The van der Waals surface area contributed by atoms with E-state index in [-0.39, 0.29) is 6.04 Å². The maximum absolute atomic E-state index is 6.09. The van der Waals surface area contributed by atoms with Gasteiger partial charge in [-0.25, -0.2) is 0 Å². The molecule has 2 nitrogen and oxygen atoms in total. The van der Waals surface area contributed by atoms with E-state index in [2.05, 4.69) is 44.2 Å². The van der Waals surface area contributed by atoms with Crippen LogP contribution in [-0.2, 0) is 0 Å². The molecule has 0 saturated carbocycles. The molecule has 0 aliphatic carbocycles. The molecule has 0 bridgehead atoms. The SMILES string of the molecule is CCCN(C)C(c1sccc1C)C(C)N. The van der Waals surface area contributed by atoms with Crippen molar-refractivity contribution in [2.45, 2.75) is 39.3 Å². The second-order valence-corrected chi connectivity index (χ2v) is 5.20. The largest absolute Gasteiger partial charge is 0.326 e. The number of rotatable bonds is 5. The Morgan fingerprint density at radius 2 is 2.20 bits per heavy atom. The van der Waals surface area contributed by atoms with Crippen molar-refractivity contribution in [1.29, 1.82) is 0 Å². The molecule has 0 aromatic carbocycles. The second kappa shape index (κ2) is 5.64. The van der Waals surface area contributed by atoms with Gasteiger partial charge in [0.05, 0.1) is 6.04 Å². The fourth-order valence-corrected chi connectivity index (χ4v) is 3.23.